The largest absolute Gasteiger partial charge is 0.397 e. The molecule has 1 aromatic heterocycles. The fourth-order valence-electron chi connectivity index (χ4n) is 0.819. The molecule has 1 rings (SSSR count). The van der Waals surface area contributed by atoms with E-state index in [1.165, 1.54) is 6.20 Å². The molecule has 0 spiro atoms. The number of nitrogens with zero attached hydrogens (tertiary/aromatic N) is 1. The van der Waals surface area contributed by atoms with Gasteiger partial charge >= 0.3 is 0 Å². The highest BCUT2D eigenvalue weighted by Gasteiger charge is 1.98. The van der Waals surface area contributed by atoms with Gasteiger partial charge in [0.15, 0.2) is 0 Å². The van der Waals surface area contributed by atoms with Crippen LogP contribution in [0, 0.1) is 0 Å². The van der Waals surface area contributed by atoms with Crippen LogP contribution in [-0.4, -0.2) is 14.9 Å². The number of nitrogens with two attached hydrogens (primary N) is 1. The summed E-state index contributed by atoms with van der Waals surface area (Å²) in [5.41, 5.74) is 6.05. The number of nitrogens with one attached hydrogen (secondary N) is 1. The molecular weight excluding hydrogens is 186 g/mol. The molecule has 1 heterocycles. The number of nitrogen functional groups attached to an aromatic ring is 1. The maximum Gasteiger partial charge on any atom is 0.137 e. The van der Waals surface area contributed by atoms with Crippen LogP contribution in [0.3, 0.4) is 0 Å². The van der Waals surface area contributed by atoms with Gasteiger partial charge in [-0.25, -0.2) is 9.19 Å². The molecule has 0 saturated heterocycles. The van der Waals surface area contributed by atoms with Crippen LogP contribution in [0.4, 0.5) is 11.5 Å². The third-order valence-electron chi connectivity index (χ3n) is 1.39. The number of hydrogen-bond acceptors (Lipinski definition) is 3. The van der Waals surface area contributed by atoms with Gasteiger partial charge in [-0.2, -0.15) is 0 Å². The van der Waals surface area contributed by atoms with E-state index < -0.39 is 11.0 Å². The standard InChI is InChI=1S/C8H13N3OS/c1-2-5-13(12)11-8-4-3-7(9)6-10-8/h3-4,6H,2,5,9H2,1H3,(H,10,11). The van der Waals surface area contributed by atoms with Gasteiger partial charge in [-0.3, -0.25) is 4.72 Å². The van der Waals surface area contributed by atoms with Crippen molar-refractivity contribution in [2.75, 3.05) is 16.2 Å². The topological polar surface area (TPSA) is 68.0 Å². The molecule has 3 N–H and O–H groups in total. The minimum atomic E-state index is -1.03. The Hall–Kier alpha value is -1.10. The van der Waals surface area contributed by atoms with Crippen molar-refractivity contribution in [3.63, 3.8) is 0 Å². The second-order valence-electron chi connectivity index (χ2n) is 2.63. The summed E-state index contributed by atoms with van der Waals surface area (Å²) in [6.45, 7) is 1.98. The van der Waals surface area contributed by atoms with Crippen LogP contribution in [0.1, 0.15) is 13.3 Å². The van der Waals surface area contributed by atoms with E-state index in [1.54, 1.807) is 12.1 Å². The maximum atomic E-state index is 11.2. The van der Waals surface area contributed by atoms with Crippen LogP contribution in [0.25, 0.3) is 0 Å². The van der Waals surface area contributed by atoms with Gasteiger partial charge in [0.2, 0.25) is 0 Å². The van der Waals surface area contributed by atoms with E-state index >= 15 is 0 Å². The maximum absolute atomic E-state index is 11.2. The van der Waals surface area contributed by atoms with Crippen molar-refractivity contribution in [3.05, 3.63) is 18.3 Å². The summed E-state index contributed by atoms with van der Waals surface area (Å²) in [6.07, 6.45) is 2.42. The van der Waals surface area contributed by atoms with Crippen molar-refractivity contribution in [3.8, 4) is 0 Å². The lowest BCUT2D eigenvalue weighted by molar-refractivity contribution is 0.685. The van der Waals surface area contributed by atoms with Crippen LogP contribution in [0.5, 0.6) is 0 Å². The van der Waals surface area contributed by atoms with Crippen molar-refractivity contribution in [2.24, 2.45) is 0 Å². The Kier molecular flexibility index (Phi) is 3.70. The molecule has 0 fully saturated rings. The fraction of sp³-hybridized carbons (Fsp3) is 0.375. The Labute approximate surface area is 80.1 Å². The Morgan fingerprint density at radius 2 is 2.38 bits per heavy atom. The van der Waals surface area contributed by atoms with Crippen molar-refractivity contribution >= 4 is 22.5 Å². The van der Waals surface area contributed by atoms with Gasteiger partial charge in [-0.05, 0) is 18.6 Å². The summed E-state index contributed by atoms with van der Waals surface area (Å²) in [5.74, 6) is 1.23. The molecule has 72 valence electrons. The molecule has 0 aliphatic carbocycles. The van der Waals surface area contributed by atoms with E-state index in [1.807, 2.05) is 6.92 Å². The third kappa shape index (κ3) is 3.42. The first-order valence-electron chi connectivity index (χ1n) is 4.09. The van der Waals surface area contributed by atoms with Gasteiger partial charge in [0, 0.05) is 5.75 Å². The summed E-state index contributed by atoms with van der Waals surface area (Å²) >= 11 is 0. The zero-order valence-electron chi connectivity index (χ0n) is 7.49. The van der Waals surface area contributed by atoms with Crippen molar-refractivity contribution in [2.45, 2.75) is 13.3 Å². The predicted octanol–water partition coefficient (Wildman–Crippen LogP) is 1.15. The molecule has 0 aromatic carbocycles. The Balaban J connectivity index is 2.54. The van der Waals surface area contributed by atoms with Crippen LogP contribution in [0.2, 0.25) is 0 Å². The summed E-state index contributed by atoms with van der Waals surface area (Å²) in [4.78, 5) is 3.97. The van der Waals surface area contributed by atoms with Crippen molar-refractivity contribution < 1.29 is 4.21 Å². The Morgan fingerprint density at radius 1 is 1.62 bits per heavy atom. The van der Waals surface area contributed by atoms with Crippen LogP contribution in [-0.2, 0) is 11.0 Å². The van der Waals surface area contributed by atoms with E-state index in [-0.39, 0.29) is 0 Å². The van der Waals surface area contributed by atoms with Gasteiger partial charge in [0.05, 0.1) is 11.9 Å². The smallest absolute Gasteiger partial charge is 0.137 e. The highest BCUT2D eigenvalue weighted by Crippen LogP contribution is 2.06. The van der Waals surface area contributed by atoms with E-state index in [0.717, 1.165) is 6.42 Å². The van der Waals surface area contributed by atoms with Crippen LogP contribution >= 0.6 is 0 Å². The van der Waals surface area contributed by atoms with Crippen molar-refractivity contribution in [1.29, 1.82) is 0 Å². The number of hydrogen-bond donors (Lipinski definition) is 2. The highest BCUT2D eigenvalue weighted by molar-refractivity contribution is 7.86. The van der Waals surface area contributed by atoms with Gasteiger partial charge in [-0.15, -0.1) is 0 Å². The average Bonchev–Trinajstić information content (AvgIpc) is 2.09. The van der Waals surface area contributed by atoms with Gasteiger partial charge < -0.3 is 5.73 Å². The second-order valence-corrected chi connectivity index (χ2v) is 3.93. The SMILES string of the molecule is CCCS(=O)Nc1ccc(N)cn1. The van der Waals surface area contributed by atoms with E-state index in [9.17, 15) is 4.21 Å². The van der Waals surface area contributed by atoms with Gasteiger partial charge in [0.25, 0.3) is 0 Å². The number of rotatable bonds is 4. The highest BCUT2D eigenvalue weighted by atomic mass is 32.2. The zero-order valence-corrected chi connectivity index (χ0v) is 8.30. The van der Waals surface area contributed by atoms with Crippen molar-refractivity contribution in [1.82, 2.24) is 4.98 Å². The average molecular weight is 199 g/mol. The first-order chi connectivity index (χ1) is 6.22. The number of anilines is 2. The lowest BCUT2D eigenvalue weighted by Gasteiger charge is -2.03. The Morgan fingerprint density at radius 3 is 2.92 bits per heavy atom. The lowest BCUT2D eigenvalue weighted by atomic mass is 10.4. The van der Waals surface area contributed by atoms with E-state index in [2.05, 4.69) is 9.71 Å². The first kappa shape index (κ1) is 9.98. The quantitative estimate of drug-likeness (QED) is 0.764. The van der Waals surface area contributed by atoms with E-state index in [0.29, 0.717) is 17.3 Å². The molecule has 13 heavy (non-hydrogen) atoms. The minimum Gasteiger partial charge on any atom is -0.397 e. The first-order valence-corrected chi connectivity index (χ1v) is 5.41. The Bertz CT molecular complexity index is 286. The molecule has 0 bridgehead atoms. The molecule has 0 aliphatic rings. The van der Waals surface area contributed by atoms with Gasteiger partial charge in [-0.1, -0.05) is 6.92 Å². The lowest BCUT2D eigenvalue weighted by Crippen LogP contribution is -2.08. The molecule has 0 radical (unpaired) electrons. The third-order valence-corrected chi connectivity index (χ3v) is 2.61. The fourth-order valence-corrected chi connectivity index (χ4v) is 1.65. The molecule has 0 aliphatic heterocycles. The van der Waals surface area contributed by atoms with Crippen LogP contribution in [0.15, 0.2) is 18.3 Å². The summed E-state index contributed by atoms with van der Waals surface area (Å²) in [5, 5.41) is 0. The molecule has 0 saturated carbocycles. The van der Waals surface area contributed by atoms with Crippen LogP contribution < -0.4 is 10.5 Å². The summed E-state index contributed by atoms with van der Waals surface area (Å²) in [6, 6.07) is 3.43. The normalized spacial score (nSPS) is 12.4. The molecule has 1 unspecified atom stereocenters. The van der Waals surface area contributed by atoms with E-state index in [4.69, 9.17) is 5.73 Å². The molecular formula is C8H13N3OS. The molecule has 4 nitrogen and oxygen atoms in total. The summed E-state index contributed by atoms with van der Waals surface area (Å²) in [7, 11) is -1.03. The predicted molar refractivity (Wildman–Crippen MR) is 55.6 cm³/mol. The second kappa shape index (κ2) is 4.81. The number of aromatic nitrogens is 1. The monoisotopic (exact) mass is 199 g/mol. The zero-order chi connectivity index (χ0) is 9.68. The number of pyridine rings is 1. The minimum absolute atomic E-state index is 0.598. The molecule has 0 amide bonds. The summed E-state index contributed by atoms with van der Waals surface area (Å²) < 4.78 is 14.0. The molecule has 5 heteroatoms. The molecule has 1 aromatic rings. The molecule has 1 atom stereocenters. The van der Waals surface area contributed by atoms with Gasteiger partial charge in [0.1, 0.15) is 16.8 Å².